The van der Waals surface area contributed by atoms with Crippen molar-refractivity contribution in [2.45, 2.75) is 12.6 Å². The van der Waals surface area contributed by atoms with Crippen molar-refractivity contribution in [2.75, 3.05) is 7.11 Å². The molecule has 0 spiro atoms. The minimum atomic E-state index is -4.27. The van der Waals surface area contributed by atoms with Crippen LogP contribution in [0, 0.1) is 12.3 Å². The van der Waals surface area contributed by atoms with Gasteiger partial charge in [-0.05, 0) is 23.8 Å². The van der Waals surface area contributed by atoms with Crippen LogP contribution in [0.15, 0.2) is 18.2 Å². The van der Waals surface area contributed by atoms with Crippen LogP contribution in [-0.2, 0) is 6.42 Å². The van der Waals surface area contributed by atoms with E-state index in [1.165, 1.54) is 25.3 Å². The molecular weight excluding hydrogens is 205 g/mol. The van der Waals surface area contributed by atoms with Gasteiger partial charge in [0.2, 0.25) is 0 Å². The van der Waals surface area contributed by atoms with Crippen LogP contribution < -0.4 is 4.74 Å². The van der Waals surface area contributed by atoms with Crippen LogP contribution in [0.1, 0.15) is 11.1 Å². The highest BCUT2D eigenvalue weighted by Crippen LogP contribution is 2.25. The molecule has 1 rings (SSSR count). The zero-order valence-corrected chi connectivity index (χ0v) is 8.06. The van der Waals surface area contributed by atoms with Crippen LogP contribution in [0.5, 0.6) is 5.75 Å². The highest BCUT2D eigenvalue weighted by molar-refractivity contribution is 5.44. The van der Waals surface area contributed by atoms with E-state index in [1.54, 1.807) is 0 Å². The van der Waals surface area contributed by atoms with Gasteiger partial charge in [-0.3, -0.25) is 0 Å². The zero-order valence-electron chi connectivity index (χ0n) is 8.06. The molecule has 15 heavy (non-hydrogen) atoms. The Morgan fingerprint density at radius 2 is 2.07 bits per heavy atom. The summed E-state index contributed by atoms with van der Waals surface area (Å²) >= 11 is 0. The minimum Gasteiger partial charge on any atom is -0.497 e. The molecule has 0 fully saturated rings. The van der Waals surface area contributed by atoms with E-state index in [-0.39, 0.29) is 11.1 Å². The fraction of sp³-hybridized carbons (Fsp3) is 0.273. The van der Waals surface area contributed by atoms with E-state index in [4.69, 9.17) is 11.2 Å². The third kappa shape index (κ3) is 3.21. The van der Waals surface area contributed by atoms with E-state index in [0.29, 0.717) is 5.75 Å². The largest absolute Gasteiger partial charge is 0.497 e. The molecule has 0 N–H and O–H groups in total. The molecule has 0 unspecified atom stereocenters. The lowest BCUT2D eigenvalue weighted by atomic mass is 10.0. The van der Waals surface area contributed by atoms with Crippen molar-refractivity contribution in [3.05, 3.63) is 29.3 Å². The van der Waals surface area contributed by atoms with Crippen molar-refractivity contribution < 1.29 is 17.9 Å². The van der Waals surface area contributed by atoms with Crippen LogP contribution in [0.2, 0.25) is 0 Å². The topological polar surface area (TPSA) is 9.23 Å². The number of hydrogen-bond acceptors (Lipinski definition) is 1. The van der Waals surface area contributed by atoms with Crippen LogP contribution in [0.3, 0.4) is 0 Å². The Balaban J connectivity index is 3.08. The lowest BCUT2D eigenvalue weighted by Gasteiger charge is -2.10. The van der Waals surface area contributed by atoms with Crippen LogP contribution in [-0.4, -0.2) is 13.3 Å². The first kappa shape index (κ1) is 11.4. The van der Waals surface area contributed by atoms with Gasteiger partial charge in [0.15, 0.2) is 0 Å². The van der Waals surface area contributed by atoms with Gasteiger partial charge in [-0.2, -0.15) is 13.2 Å². The third-order valence-corrected chi connectivity index (χ3v) is 1.86. The van der Waals surface area contributed by atoms with Crippen molar-refractivity contribution in [1.82, 2.24) is 0 Å². The molecule has 80 valence electrons. The molecule has 0 aliphatic heterocycles. The second kappa shape index (κ2) is 4.26. The molecule has 0 saturated carbocycles. The van der Waals surface area contributed by atoms with Crippen LogP contribution >= 0.6 is 0 Å². The van der Waals surface area contributed by atoms with Gasteiger partial charge < -0.3 is 4.74 Å². The SMILES string of the molecule is C#Cc1ccc(OC)cc1CC(F)(F)F. The van der Waals surface area contributed by atoms with Crippen molar-refractivity contribution in [3.63, 3.8) is 0 Å². The first-order valence-electron chi connectivity index (χ1n) is 4.16. The number of hydrogen-bond donors (Lipinski definition) is 0. The molecule has 0 heterocycles. The summed E-state index contributed by atoms with van der Waals surface area (Å²) in [7, 11) is 1.39. The average Bonchev–Trinajstić information content (AvgIpc) is 2.15. The molecule has 0 amide bonds. The highest BCUT2D eigenvalue weighted by Gasteiger charge is 2.28. The third-order valence-electron chi connectivity index (χ3n) is 1.86. The lowest BCUT2D eigenvalue weighted by molar-refractivity contribution is -0.127. The van der Waals surface area contributed by atoms with Gasteiger partial charge in [0.05, 0.1) is 13.5 Å². The first-order chi connectivity index (χ1) is 6.96. The summed E-state index contributed by atoms with van der Waals surface area (Å²) < 4.78 is 41.4. The Morgan fingerprint density at radius 1 is 1.40 bits per heavy atom. The Kier molecular flexibility index (Phi) is 3.25. The van der Waals surface area contributed by atoms with E-state index >= 15 is 0 Å². The number of halogens is 3. The van der Waals surface area contributed by atoms with Crippen LogP contribution in [0.4, 0.5) is 13.2 Å². The van der Waals surface area contributed by atoms with E-state index in [9.17, 15) is 13.2 Å². The van der Waals surface area contributed by atoms with Crippen LogP contribution in [0.25, 0.3) is 0 Å². The Hall–Kier alpha value is -1.63. The van der Waals surface area contributed by atoms with Gasteiger partial charge in [0.25, 0.3) is 0 Å². The minimum absolute atomic E-state index is 0.0596. The molecule has 0 radical (unpaired) electrons. The number of benzene rings is 1. The Morgan fingerprint density at radius 3 is 2.53 bits per heavy atom. The van der Waals surface area contributed by atoms with Gasteiger partial charge in [-0.25, -0.2) is 0 Å². The number of terminal acetylenes is 1. The highest BCUT2D eigenvalue weighted by atomic mass is 19.4. The summed E-state index contributed by atoms with van der Waals surface area (Å²) in [6.45, 7) is 0. The summed E-state index contributed by atoms with van der Waals surface area (Å²) in [5.41, 5.74) is 0.303. The quantitative estimate of drug-likeness (QED) is 0.688. The fourth-order valence-electron chi connectivity index (χ4n) is 1.20. The Labute approximate surface area is 85.9 Å². The summed E-state index contributed by atoms with van der Waals surface area (Å²) in [4.78, 5) is 0. The van der Waals surface area contributed by atoms with Gasteiger partial charge in [-0.15, -0.1) is 6.42 Å². The predicted molar refractivity (Wildman–Crippen MR) is 50.7 cm³/mol. The number of alkyl halides is 3. The van der Waals surface area contributed by atoms with Crippen molar-refractivity contribution in [3.8, 4) is 18.1 Å². The zero-order chi connectivity index (χ0) is 11.5. The summed E-state index contributed by atoms with van der Waals surface area (Å²) in [5, 5.41) is 0. The molecule has 0 aliphatic carbocycles. The maximum absolute atomic E-state index is 12.2. The molecule has 1 aromatic rings. The number of rotatable bonds is 2. The molecule has 0 bridgehead atoms. The van der Waals surface area contributed by atoms with E-state index < -0.39 is 12.6 Å². The van der Waals surface area contributed by atoms with E-state index in [2.05, 4.69) is 5.92 Å². The van der Waals surface area contributed by atoms with Gasteiger partial charge in [0.1, 0.15) is 5.75 Å². The number of methoxy groups -OCH3 is 1. The maximum atomic E-state index is 12.2. The summed E-state index contributed by atoms with van der Waals surface area (Å²) in [5.74, 6) is 2.58. The summed E-state index contributed by atoms with van der Waals surface area (Å²) in [6, 6.07) is 4.29. The normalized spacial score (nSPS) is 10.9. The van der Waals surface area contributed by atoms with Gasteiger partial charge in [0, 0.05) is 5.56 Å². The molecule has 4 heteroatoms. The van der Waals surface area contributed by atoms with Crippen molar-refractivity contribution in [1.29, 1.82) is 0 Å². The van der Waals surface area contributed by atoms with Crippen molar-refractivity contribution >= 4 is 0 Å². The molecule has 0 aliphatic rings. The fourth-order valence-corrected chi connectivity index (χ4v) is 1.20. The smallest absolute Gasteiger partial charge is 0.393 e. The molecule has 0 aromatic heterocycles. The number of ether oxygens (including phenoxy) is 1. The lowest BCUT2D eigenvalue weighted by Crippen LogP contribution is -2.12. The van der Waals surface area contributed by atoms with E-state index in [0.717, 1.165) is 0 Å². The molecule has 1 nitrogen and oxygen atoms in total. The standard InChI is InChI=1S/C11H9F3O/c1-3-8-4-5-10(15-2)6-9(8)7-11(12,13)14/h1,4-6H,7H2,2H3. The second-order valence-corrected chi connectivity index (χ2v) is 2.96. The Bertz CT molecular complexity index is 388. The molecular formula is C11H9F3O. The molecule has 0 saturated heterocycles. The summed E-state index contributed by atoms with van der Waals surface area (Å²) in [6.07, 6.45) is -0.201. The average molecular weight is 214 g/mol. The van der Waals surface area contributed by atoms with Crippen molar-refractivity contribution in [2.24, 2.45) is 0 Å². The van der Waals surface area contributed by atoms with E-state index in [1.807, 2.05) is 0 Å². The van der Waals surface area contributed by atoms with Gasteiger partial charge in [-0.1, -0.05) is 5.92 Å². The molecule has 0 atom stereocenters. The monoisotopic (exact) mass is 214 g/mol. The first-order valence-corrected chi connectivity index (χ1v) is 4.16. The van der Waals surface area contributed by atoms with Gasteiger partial charge >= 0.3 is 6.18 Å². The maximum Gasteiger partial charge on any atom is 0.393 e. The predicted octanol–water partition coefficient (Wildman–Crippen LogP) is 2.78. The second-order valence-electron chi connectivity index (χ2n) is 2.96. The molecule has 1 aromatic carbocycles.